The Morgan fingerprint density at radius 3 is 3.25 bits per heavy atom. The summed E-state index contributed by atoms with van der Waals surface area (Å²) in [6.07, 6.45) is 3.34. The molecule has 2 nitrogen and oxygen atoms in total. The normalized spacial score (nSPS) is 29.1. The highest BCUT2D eigenvalue weighted by Crippen LogP contribution is 2.33. The van der Waals surface area contributed by atoms with Gasteiger partial charge < -0.3 is 10.1 Å². The van der Waals surface area contributed by atoms with E-state index in [1.807, 2.05) is 6.07 Å². The molecule has 1 fully saturated rings. The van der Waals surface area contributed by atoms with E-state index < -0.39 is 0 Å². The molecule has 0 saturated carbocycles. The van der Waals surface area contributed by atoms with Gasteiger partial charge in [0.2, 0.25) is 0 Å². The largest absolute Gasteiger partial charge is 0.371 e. The third kappa shape index (κ3) is 1.74. The highest BCUT2D eigenvalue weighted by molar-refractivity contribution is 5.32. The average Bonchev–Trinajstić information content (AvgIpc) is 2.48. The summed E-state index contributed by atoms with van der Waals surface area (Å²) in [5, 5.41) is 3.47. The van der Waals surface area contributed by atoms with Crippen molar-refractivity contribution in [1.82, 2.24) is 5.32 Å². The fourth-order valence-electron chi connectivity index (χ4n) is 2.78. The minimum Gasteiger partial charge on any atom is -0.371 e. The Hall–Kier alpha value is -0.930. The third-order valence-electron chi connectivity index (χ3n) is 3.55. The van der Waals surface area contributed by atoms with Crippen LogP contribution in [0.4, 0.5) is 4.39 Å². The van der Waals surface area contributed by atoms with Crippen LogP contribution in [-0.4, -0.2) is 19.2 Å². The molecule has 86 valence electrons. The highest BCUT2D eigenvalue weighted by atomic mass is 19.1. The van der Waals surface area contributed by atoms with Gasteiger partial charge in [-0.1, -0.05) is 6.07 Å². The third-order valence-corrected chi connectivity index (χ3v) is 3.55. The molecule has 1 aromatic carbocycles. The Morgan fingerprint density at radius 1 is 1.38 bits per heavy atom. The first-order valence-corrected chi connectivity index (χ1v) is 5.98. The summed E-state index contributed by atoms with van der Waals surface area (Å²) in [5.41, 5.74) is 2.30. The first-order chi connectivity index (χ1) is 7.84. The Morgan fingerprint density at radius 2 is 2.31 bits per heavy atom. The SMILES string of the molecule is Fc1ccc2c(c1)C1OCCNC1CCC2. The van der Waals surface area contributed by atoms with Crippen LogP contribution < -0.4 is 5.32 Å². The minimum absolute atomic E-state index is 0.0435. The molecule has 0 bridgehead atoms. The molecule has 0 spiro atoms. The van der Waals surface area contributed by atoms with Crippen LogP contribution in [0.5, 0.6) is 0 Å². The van der Waals surface area contributed by atoms with Crippen LogP contribution >= 0.6 is 0 Å². The van der Waals surface area contributed by atoms with E-state index in [2.05, 4.69) is 5.32 Å². The van der Waals surface area contributed by atoms with E-state index in [0.29, 0.717) is 6.04 Å². The lowest BCUT2D eigenvalue weighted by Gasteiger charge is -2.32. The Bertz CT molecular complexity index is 394. The van der Waals surface area contributed by atoms with Gasteiger partial charge in [0.25, 0.3) is 0 Å². The molecule has 1 aliphatic heterocycles. The first kappa shape index (κ1) is 10.2. The van der Waals surface area contributed by atoms with Crippen LogP contribution in [0.1, 0.15) is 30.1 Å². The molecule has 1 saturated heterocycles. The number of halogens is 1. The van der Waals surface area contributed by atoms with E-state index in [-0.39, 0.29) is 11.9 Å². The predicted molar refractivity (Wildman–Crippen MR) is 59.8 cm³/mol. The number of fused-ring (bicyclic) bond motifs is 3. The molecule has 1 heterocycles. The molecular formula is C13H16FNO. The summed E-state index contributed by atoms with van der Waals surface area (Å²) < 4.78 is 19.1. The van der Waals surface area contributed by atoms with Crippen molar-refractivity contribution >= 4 is 0 Å². The summed E-state index contributed by atoms with van der Waals surface area (Å²) >= 11 is 0. The van der Waals surface area contributed by atoms with Gasteiger partial charge >= 0.3 is 0 Å². The lowest BCUT2D eigenvalue weighted by Crippen LogP contribution is -2.43. The van der Waals surface area contributed by atoms with Crippen molar-refractivity contribution in [3.05, 3.63) is 35.1 Å². The van der Waals surface area contributed by atoms with Gasteiger partial charge in [0, 0.05) is 12.6 Å². The molecule has 1 aliphatic carbocycles. The lowest BCUT2D eigenvalue weighted by molar-refractivity contribution is -0.00660. The zero-order chi connectivity index (χ0) is 11.0. The molecule has 1 N–H and O–H groups in total. The van der Waals surface area contributed by atoms with Crippen LogP contribution in [0.15, 0.2) is 18.2 Å². The minimum atomic E-state index is -0.159. The van der Waals surface area contributed by atoms with Crippen molar-refractivity contribution < 1.29 is 9.13 Å². The van der Waals surface area contributed by atoms with Gasteiger partial charge in [-0.3, -0.25) is 0 Å². The maximum absolute atomic E-state index is 13.3. The van der Waals surface area contributed by atoms with Crippen molar-refractivity contribution in [1.29, 1.82) is 0 Å². The standard InChI is InChI=1S/C13H16FNO/c14-10-5-4-9-2-1-3-12-13(11(9)8-10)16-7-6-15-12/h4-5,8,12-13,15H,1-3,6-7H2. The number of ether oxygens (including phenoxy) is 1. The average molecular weight is 221 g/mol. The Kier molecular flexibility index (Phi) is 2.65. The maximum atomic E-state index is 13.3. The van der Waals surface area contributed by atoms with E-state index in [9.17, 15) is 4.39 Å². The zero-order valence-electron chi connectivity index (χ0n) is 9.21. The van der Waals surface area contributed by atoms with Crippen LogP contribution in [0, 0.1) is 5.82 Å². The molecule has 2 unspecified atom stereocenters. The molecule has 0 aromatic heterocycles. The van der Waals surface area contributed by atoms with Crippen molar-refractivity contribution in [3.8, 4) is 0 Å². The van der Waals surface area contributed by atoms with Crippen molar-refractivity contribution in [2.45, 2.75) is 31.4 Å². The second kappa shape index (κ2) is 4.15. The second-order valence-corrected chi connectivity index (χ2v) is 4.59. The van der Waals surface area contributed by atoms with E-state index in [4.69, 9.17) is 4.74 Å². The topological polar surface area (TPSA) is 21.3 Å². The predicted octanol–water partition coefficient (Wildman–Crippen LogP) is 2.19. The molecule has 1 aromatic rings. The Labute approximate surface area is 94.8 Å². The fourth-order valence-corrected chi connectivity index (χ4v) is 2.78. The molecule has 16 heavy (non-hydrogen) atoms. The summed E-state index contributed by atoms with van der Waals surface area (Å²) in [4.78, 5) is 0. The molecular weight excluding hydrogens is 205 g/mol. The lowest BCUT2D eigenvalue weighted by atomic mass is 9.97. The van der Waals surface area contributed by atoms with Crippen molar-refractivity contribution in [3.63, 3.8) is 0 Å². The number of morpholine rings is 1. The van der Waals surface area contributed by atoms with Crippen molar-refractivity contribution in [2.24, 2.45) is 0 Å². The van der Waals surface area contributed by atoms with Crippen LogP contribution in [0.25, 0.3) is 0 Å². The molecule has 3 heteroatoms. The number of nitrogens with one attached hydrogen (secondary N) is 1. The van der Waals surface area contributed by atoms with E-state index in [1.54, 1.807) is 12.1 Å². The number of aryl methyl sites for hydroxylation is 1. The molecule has 0 amide bonds. The number of rotatable bonds is 0. The monoisotopic (exact) mass is 221 g/mol. The van der Waals surface area contributed by atoms with Crippen molar-refractivity contribution in [2.75, 3.05) is 13.2 Å². The van der Waals surface area contributed by atoms with Gasteiger partial charge in [0.05, 0.1) is 12.7 Å². The maximum Gasteiger partial charge on any atom is 0.123 e. The molecule has 0 radical (unpaired) electrons. The van der Waals surface area contributed by atoms with Crippen LogP contribution in [0.2, 0.25) is 0 Å². The van der Waals surface area contributed by atoms with E-state index in [1.165, 1.54) is 5.56 Å². The van der Waals surface area contributed by atoms with Gasteiger partial charge in [-0.05, 0) is 42.5 Å². The zero-order valence-corrected chi connectivity index (χ0v) is 9.21. The summed E-state index contributed by atoms with van der Waals surface area (Å²) in [5.74, 6) is -0.159. The number of benzene rings is 1. The summed E-state index contributed by atoms with van der Waals surface area (Å²) in [7, 11) is 0. The van der Waals surface area contributed by atoms with Gasteiger partial charge in [0.15, 0.2) is 0 Å². The molecule has 2 atom stereocenters. The molecule has 2 aliphatic rings. The second-order valence-electron chi connectivity index (χ2n) is 4.59. The fraction of sp³-hybridized carbons (Fsp3) is 0.538. The number of hydrogen-bond acceptors (Lipinski definition) is 2. The van der Waals surface area contributed by atoms with Gasteiger partial charge in [-0.25, -0.2) is 4.39 Å². The van der Waals surface area contributed by atoms with Gasteiger partial charge in [-0.15, -0.1) is 0 Å². The Balaban J connectivity index is 2.02. The first-order valence-electron chi connectivity index (χ1n) is 5.98. The van der Waals surface area contributed by atoms with Gasteiger partial charge in [0.1, 0.15) is 5.82 Å². The van der Waals surface area contributed by atoms with Crippen LogP contribution in [-0.2, 0) is 11.2 Å². The van der Waals surface area contributed by atoms with Crippen LogP contribution in [0.3, 0.4) is 0 Å². The van der Waals surface area contributed by atoms with E-state index in [0.717, 1.165) is 38.0 Å². The summed E-state index contributed by atoms with van der Waals surface area (Å²) in [6, 6.07) is 5.46. The highest BCUT2D eigenvalue weighted by Gasteiger charge is 2.30. The van der Waals surface area contributed by atoms with Gasteiger partial charge in [-0.2, -0.15) is 0 Å². The number of hydrogen-bond donors (Lipinski definition) is 1. The smallest absolute Gasteiger partial charge is 0.123 e. The summed E-state index contributed by atoms with van der Waals surface area (Å²) in [6.45, 7) is 1.63. The quantitative estimate of drug-likeness (QED) is 0.725. The van der Waals surface area contributed by atoms with E-state index >= 15 is 0 Å². The molecule has 3 rings (SSSR count).